The van der Waals surface area contributed by atoms with Crippen molar-refractivity contribution in [3.05, 3.63) is 63.6 Å². The lowest BCUT2D eigenvalue weighted by Crippen LogP contribution is -2.09. The molecule has 0 saturated heterocycles. The van der Waals surface area contributed by atoms with Gasteiger partial charge < -0.3 is 15.5 Å². The molecule has 124 valence electrons. The highest BCUT2D eigenvalue weighted by Gasteiger charge is 2.08. The highest BCUT2D eigenvalue weighted by molar-refractivity contribution is 6.42. The third-order valence-corrected chi connectivity index (χ3v) is 3.78. The van der Waals surface area contributed by atoms with Crippen molar-refractivity contribution in [2.24, 2.45) is 0 Å². The smallest absolute Gasteiger partial charge is 0.307 e. The fourth-order valence-corrected chi connectivity index (χ4v) is 2.24. The molecule has 7 heteroatoms. The SMILES string of the molecule is O=C(O)Cc1ccc(O)c(NC(=O)/C=C/c2ccc(Cl)c(Cl)c2)c1. The van der Waals surface area contributed by atoms with Gasteiger partial charge in [-0.05, 0) is 41.5 Å². The zero-order valence-corrected chi connectivity index (χ0v) is 13.8. The monoisotopic (exact) mass is 365 g/mol. The molecule has 24 heavy (non-hydrogen) atoms. The van der Waals surface area contributed by atoms with Crippen molar-refractivity contribution in [1.29, 1.82) is 0 Å². The molecule has 0 bridgehead atoms. The Morgan fingerprint density at radius 1 is 1.08 bits per heavy atom. The molecule has 0 unspecified atom stereocenters. The molecular formula is C17H13Cl2NO4. The molecule has 0 aliphatic carbocycles. The van der Waals surface area contributed by atoms with Crippen LogP contribution in [0, 0.1) is 0 Å². The summed E-state index contributed by atoms with van der Waals surface area (Å²) in [5.74, 6) is -1.64. The van der Waals surface area contributed by atoms with Crippen LogP contribution in [0.1, 0.15) is 11.1 Å². The number of rotatable bonds is 5. The number of aliphatic carboxylic acids is 1. The van der Waals surface area contributed by atoms with E-state index in [0.717, 1.165) is 0 Å². The van der Waals surface area contributed by atoms with Crippen molar-refractivity contribution in [2.75, 3.05) is 5.32 Å². The maximum absolute atomic E-state index is 11.9. The van der Waals surface area contributed by atoms with Crippen LogP contribution in [0.5, 0.6) is 5.75 Å². The van der Waals surface area contributed by atoms with Gasteiger partial charge in [0.05, 0.1) is 22.2 Å². The van der Waals surface area contributed by atoms with Crippen molar-refractivity contribution in [1.82, 2.24) is 0 Å². The quantitative estimate of drug-likeness (QED) is 0.552. The summed E-state index contributed by atoms with van der Waals surface area (Å²) >= 11 is 11.7. The Hall–Kier alpha value is -2.50. The lowest BCUT2D eigenvalue weighted by atomic mass is 10.1. The van der Waals surface area contributed by atoms with Gasteiger partial charge in [-0.15, -0.1) is 0 Å². The van der Waals surface area contributed by atoms with Crippen LogP contribution in [0.4, 0.5) is 5.69 Å². The molecule has 0 heterocycles. The fourth-order valence-electron chi connectivity index (χ4n) is 1.93. The normalized spacial score (nSPS) is 10.8. The molecule has 2 aromatic carbocycles. The molecule has 0 spiro atoms. The summed E-state index contributed by atoms with van der Waals surface area (Å²) in [7, 11) is 0. The molecule has 0 fully saturated rings. The van der Waals surface area contributed by atoms with Crippen LogP contribution in [0.3, 0.4) is 0 Å². The van der Waals surface area contributed by atoms with Crippen molar-refractivity contribution in [3.8, 4) is 5.75 Å². The van der Waals surface area contributed by atoms with Crippen LogP contribution in [0.2, 0.25) is 10.0 Å². The van der Waals surface area contributed by atoms with E-state index in [1.807, 2.05) is 0 Å². The Bertz CT molecular complexity index is 818. The molecule has 3 N–H and O–H groups in total. The number of hydrogen-bond donors (Lipinski definition) is 3. The number of aromatic hydroxyl groups is 1. The van der Waals surface area contributed by atoms with Gasteiger partial charge in [0.15, 0.2) is 0 Å². The molecule has 1 amide bonds. The van der Waals surface area contributed by atoms with Gasteiger partial charge in [-0.25, -0.2) is 0 Å². The summed E-state index contributed by atoms with van der Waals surface area (Å²) in [5.41, 5.74) is 1.28. The average Bonchev–Trinajstić information content (AvgIpc) is 2.51. The summed E-state index contributed by atoms with van der Waals surface area (Å²) in [4.78, 5) is 22.7. The van der Waals surface area contributed by atoms with Crippen molar-refractivity contribution < 1.29 is 19.8 Å². The first-order chi connectivity index (χ1) is 11.3. The van der Waals surface area contributed by atoms with E-state index in [1.54, 1.807) is 18.2 Å². The second-order valence-corrected chi connectivity index (χ2v) is 5.73. The Balaban J connectivity index is 2.10. The van der Waals surface area contributed by atoms with Crippen molar-refractivity contribution in [3.63, 3.8) is 0 Å². The Labute approximate surface area is 148 Å². The topological polar surface area (TPSA) is 86.6 Å². The molecule has 2 rings (SSSR count). The van der Waals surface area contributed by atoms with Gasteiger partial charge in [0.2, 0.25) is 5.91 Å². The third kappa shape index (κ3) is 5.01. The first-order valence-electron chi connectivity index (χ1n) is 6.83. The largest absolute Gasteiger partial charge is 0.506 e. The maximum Gasteiger partial charge on any atom is 0.307 e. The van der Waals surface area contributed by atoms with E-state index in [2.05, 4.69) is 5.32 Å². The Morgan fingerprint density at radius 2 is 1.83 bits per heavy atom. The first-order valence-corrected chi connectivity index (χ1v) is 7.58. The van der Waals surface area contributed by atoms with Gasteiger partial charge in [0.25, 0.3) is 0 Å². The van der Waals surface area contributed by atoms with Gasteiger partial charge in [-0.2, -0.15) is 0 Å². The second-order valence-electron chi connectivity index (χ2n) is 4.92. The molecule has 0 radical (unpaired) electrons. The number of anilines is 1. The van der Waals surface area contributed by atoms with Gasteiger partial charge in [0, 0.05) is 6.08 Å². The zero-order chi connectivity index (χ0) is 17.7. The predicted octanol–water partition coefficient (Wildman–Crippen LogP) is 3.98. The number of phenolic OH excluding ortho intramolecular Hbond substituents is 1. The summed E-state index contributed by atoms with van der Waals surface area (Å²) in [6.45, 7) is 0. The number of halogens is 2. The maximum atomic E-state index is 11.9. The van der Waals surface area contributed by atoms with E-state index in [1.165, 1.54) is 30.4 Å². The van der Waals surface area contributed by atoms with Crippen LogP contribution < -0.4 is 5.32 Å². The second kappa shape index (κ2) is 7.86. The minimum absolute atomic E-state index is 0.137. The molecule has 0 aromatic heterocycles. The summed E-state index contributed by atoms with van der Waals surface area (Å²) in [5, 5.41) is 21.8. The van der Waals surface area contributed by atoms with Crippen LogP contribution in [-0.4, -0.2) is 22.1 Å². The van der Waals surface area contributed by atoms with Crippen LogP contribution in [0.15, 0.2) is 42.5 Å². The summed E-state index contributed by atoms with van der Waals surface area (Å²) in [6, 6.07) is 9.14. The zero-order valence-electron chi connectivity index (χ0n) is 12.3. The number of carbonyl (C=O) groups excluding carboxylic acids is 1. The highest BCUT2D eigenvalue weighted by atomic mass is 35.5. The van der Waals surface area contributed by atoms with Gasteiger partial charge >= 0.3 is 5.97 Å². The Morgan fingerprint density at radius 3 is 2.50 bits per heavy atom. The molecular weight excluding hydrogens is 353 g/mol. The van der Waals surface area contributed by atoms with Gasteiger partial charge in [-0.1, -0.05) is 35.3 Å². The number of amides is 1. The minimum Gasteiger partial charge on any atom is -0.506 e. The average molecular weight is 366 g/mol. The third-order valence-electron chi connectivity index (χ3n) is 3.04. The summed E-state index contributed by atoms with van der Waals surface area (Å²) in [6.07, 6.45) is 2.60. The molecule has 0 saturated carbocycles. The van der Waals surface area contributed by atoms with Crippen LogP contribution >= 0.6 is 23.2 Å². The number of benzene rings is 2. The Kier molecular flexibility index (Phi) is 5.84. The number of carboxylic acids is 1. The highest BCUT2D eigenvalue weighted by Crippen LogP contribution is 2.25. The van der Waals surface area contributed by atoms with E-state index in [9.17, 15) is 14.7 Å². The molecule has 0 aliphatic rings. The predicted molar refractivity (Wildman–Crippen MR) is 93.6 cm³/mol. The van der Waals surface area contributed by atoms with E-state index in [-0.39, 0.29) is 17.9 Å². The van der Waals surface area contributed by atoms with E-state index >= 15 is 0 Å². The van der Waals surface area contributed by atoms with Gasteiger partial charge in [0.1, 0.15) is 5.75 Å². The summed E-state index contributed by atoms with van der Waals surface area (Å²) < 4.78 is 0. The van der Waals surface area contributed by atoms with Gasteiger partial charge in [-0.3, -0.25) is 9.59 Å². The molecule has 5 nitrogen and oxygen atoms in total. The van der Waals surface area contributed by atoms with Crippen molar-refractivity contribution in [2.45, 2.75) is 6.42 Å². The lowest BCUT2D eigenvalue weighted by Gasteiger charge is -2.07. The number of carbonyl (C=O) groups is 2. The molecule has 0 aliphatic heterocycles. The van der Waals surface area contributed by atoms with Crippen LogP contribution in [-0.2, 0) is 16.0 Å². The minimum atomic E-state index is -1.00. The number of carboxylic acid groups (broad SMARTS) is 1. The number of nitrogens with one attached hydrogen (secondary N) is 1. The van der Waals surface area contributed by atoms with E-state index in [0.29, 0.717) is 21.2 Å². The standard InChI is InChI=1S/C17H13Cl2NO4/c18-12-4-1-10(7-13(12)19)3-6-16(22)20-14-8-11(9-17(23)24)2-5-15(14)21/h1-8,21H,9H2,(H,20,22)(H,23,24)/b6-3+. The van der Waals surface area contributed by atoms with E-state index < -0.39 is 11.9 Å². The van der Waals surface area contributed by atoms with Crippen molar-refractivity contribution >= 4 is 46.8 Å². The van der Waals surface area contributed by atoms with E-state index in [4.69, 9.17) is 28.3 Å². The first kappa shape index (κ1) is 17.8. The lowest BCUT2D eigenvalue weighted by molar-refractivity contribution is -0.136. The number of phenols is 1. The molecule has 0 atom stereocenters. The van der Waals surface area contributed by atoms with Crippen LogP contribution in [0.25, 0.3) is 6.08 Å². The number of hydrogen-bond acceptors (Lipinski definition) is 3. The molecule has 2 aromatic rings. The fraction of sp³-hybridized carbons (Fsp3) is 0.0588.